The number of nitrogens with one attached hydrogen (secondary N) is 1. The average Bonchev–Trinajstić information content (AvgIpc) is 2.26. The van der Waals surface area contributed by atoms with E-state index in [-0.39, 0.29) is 19.5 Å². The largest absolute Gasteiger partial charge is 0.712 e. The molecule has 0 saturated heterocycles. The summed E-state index contributed by atoms with van der Waals surface area (Å²) in [5.41, 5.74) is 7.94. The Morgan fingerprint density at radius 3 is 2.06 bits per heavy atom. The van der Waals surface area contributed by atoms with Gasteiger partial charge < -0.3 is 0 Å². The van der Waals surface area contributed by atoms with E-state index in [2.05, 4.69) is 15.3 Å². The van der Waals surface area contributed by atoms with Crippen molar-refractivity contribution in [1.29, 1.82) is 0 Å². The van der Waals surface area contributed by atoms with Gasteiger partial charge in [0.15, 0.2) is 14.8 Å². The maximum Gasteiger partial charge on any atom is 0.712 e. The van der Waals surface area contributed by atoms with Crippen LogP contribution < -0.4 is 5.32 Å². The van der Waals surface area contributed by atoms with Crippen molar-refractivity contribution >= 4 is 0 Å². The lowest BCUT2D eigenvalue weighted by molar-refractivity contribution is -0.966. The molecule has 13 nitrogen and oxygen atoms in total. The Bertz CT molecular complexity index is 354. The monoisotopic (exact) mass is 263 g/mol. The first-order chi connectivity index (χ1) is 8.39. The standard InChI is InChI=1S/C5H9N7O6/c6-9-8-3-1-2-7-4-5(10(13)14,11(15)16)12(17)18/h7H,1-4H2. The number of hydrogen-bond acceptors (Lipinski definition) is 8. The molecule has 0 rings (SSSR count). The van der Waals surface area contributed by atoms with Crippen LogP contribution in [0.1, 0.15) is 6.42 Å². The van der Waals surface area contributed by atoms with Crippen LogP contribution in [-0.4, -0.2) is 40.2 Å². The van der Waals surface area contributed by atoms with E-state index >= 15 is 0 Å². The van der Waals surface area contributed by atoms with Gasteiger partial charge in [-0.25, -0.2) is 0 Å². The Kier molecular flexibility index (Phi) is 5.95. The van der Waals surface area contributed by atoms with E-state index in [0.717, 1.165) is 0 Å². The van der Waals surface area contributed by atoms with Crippen molar-refractivity contribution in [2.24, 2.45) is 5.11 Å². The number of rotatable bonds is 9. The van der Waals surface area contributed by atoms with Gasteiger partial charge in [-0.3, -0.25) is 35.7 Å². The molecule has 0 radical (unpaired) electrons. The fraction of sp³-hybridized carbons (Fsp3) is 1.00. The number of azide groups is 1. The fourth-order valence-corrected chi connectivity index (χ4v) is 0.969. The first kappa shape index (κ1) is 15.5. The van der Waals surface area contributed by atoms with Crippen molar-refractivity contribution < 1.29 is 14.8 Å². The fourth-order valence-electron chi connectivity index (χ4n) is 0.969. The zero-order chi connectivity index (χ0) is 14.2. The summed E-state index contributed by atoms with van der Waals surface area (Å²) in [7, 11) is 0. The van der Waals surface area contributed by atoms with Crippen molar-refractivity contribution in [3.63, 3.8) is 0 Å². The van der Waals surface area contributed by atoms with E-state index in [4.69, 9.17) is 5.53 Å². The topological polar surface area (TPSA) is 190 Å². The average molecular weight is 263 g/mol. The quantitative estimate of drug-likeness (QED) is 0.113. The lowest BCUT2D eigenvalue weighted by Gasteiger charge is -2.09. The Hall–Kier alpha value is -2.53. The second-order valence-corrected chi connectivity index (χ2v) is 3.03. The summed E-state index contributed by atoms with van der Waals surface area (Å²) < 4.78 is 0. The lowest BCUT2D eigenvalue weighted by atomic mass is 10.3. The van der Waals surface area contributed by atoms with E-state index in [1.54, 1.807) is 0 Å². The maximum absolute atomic E-state index is 10.5. The van der Waals surface area contributed by atoms with E-state index in [1.807, 2.05) is 0 Å². The maximum atomic E-state index is 10.5. The molecule has 0 unspecified atom stereocenters. The van der Waals surface area contributed by atoms with Gasteiger partial charge in [0.25, 0.3) is 0 Å². The first-order valence-corrected chi connectivity index (χ1v) is 4.54. The van der Waals surface area contributed by atoms with Gasteiger partial charge in [-0.15, -0.1) is 0 Å². The third-order valence-corrected chi connectivity index (χ3v) is 1.91. The molecule has 100 valence electrons. The van der Waals surface area contributed by atoms with E-state index in [1.165, 1.54) is 0 Å². The molecule has 0 aliphatic rings. The molecule has 0 spiro atoms. The normalized spacial score (nSPS) is 10.4. The molecule has 0 heterocycles. The zero-order valence-corrected chi connectivity index (χ0v) is 8.96. The zero-order valence-electron chi connectivity index (χ0n) is 8.96. The second-order valence-electron chi connectivity index (χ2n) is 3.03. The van der Waals surface area contributed by atoms with Crippen LogP contribution in [0.4, 0.5) is 0 Å². The molecule has 0 saturated carbocycles. The predicted octanol–water partition coefficient (Wildman–Crippen LogP) is -0.240. The molecule has 18 heavy (non-hydrogen) atoms. The van der Waals surface area contributed by atoms with Crippen molar-refractivity contribution in [3.05, 3.63) is 40.8 Å². The Labute approximate surface area is 98.8 Å². The molecule has 0 aromatic carbocycles. The lowest BCUT2D eigenvalue weighted by Crippen LogP contribution is -2.59. The Morgan fingerprint density at radius 2 is 1.67 bits per heavy atom. The highest BCUT2D eigenvalue weighted by Crippen LogP contribution is 2.10. The van der Waals surface area contributed by atoms with Gasteiger partial charge in [-0.05, 0) is 18.5 Å². The molecule has 0 aliphatic heterocycles. The molecule has 0 amide bonds. The summed E-state index contributed by atoms with van der Waals surface area (Å²) in [4.78, 5) is 29.2. The van der Waals surface area contributed by atoms with Gasteiger partial charge in [0.1, 0.15) is 0 Å². The first-order valence-electron chi connectivity index (χ1n) is 4.54. The van der Waals surface area contributed by atoms with Crippen LogP contribution in [-0.2, 0) is 0 Å². The molecular weight excluding hydrogens is 254 g/mol. The molecule has 0 aliphatic carbocycles. The third kappa shape index (κ3) is 3.50. The summed E-state index contributed by atoms with van der Waals surface area (Å²) in [5, 5.41) is 36.8. The van der Waals surface area contributed by atoms with Crippen LogP contribution in [0.15, 0.2) is 5.11 Å². The Balaban J connectivity index is 4.53. The van der Waals surface area contributed by atoms with E-state index in [0.29, 0.717) is 0 Å². The highest BCUT2D eigenvalue weighted by atomic mass is 16.7. The van der Waals surface area contributed by atoms with Gasteiger partial charge in [0.05, 0.1) is 0 Å². The summed E-state index contributed by atoms with van der Waals surface area (Å²) in [6, 6.07) is 0. The second kappa shape index (κ2) is 6.93. The van der Waals surface area contributed by atoms with Crippen molar-refractivity contribution in [1.82, 2.24) is 5.32 Å². The molecule has 0 fully saturated rings. The summed E-state index contributed by atoms with van der Waals surface area (Å²) in [6.45, 7) is -0.974. The van der Waals surface area contributed by atoms with Crippen molar-refractivity contribution in [3.8, 4) is 0 Å². The molecule has 0 bridgehead atoms. The number of hydrogen-bond donors (Lipinski definition) is 1. The molecule has 13 heteroatoms. The molecule has 1 N–H and O–H groups in total. The van der Waals surface area contributed by atoms with Crippen molar-refractivity contribution in [2.75, 3.05) is 19.6 Å². The van der Waals surface area contributed by atoms with Crippen LogP contribution >= 0.6 is 0 Å². The van der Waals surface area contributed by atoms with Crippen molar-refractivity contribution in [2.45, 2.75) is 12.2 Å². The van der Waals surface area contributed by atoms with Gasteiger partial charge in [0.2, 0.25) is 6.54 Å². The van der Waals surface area contributed by atoms with Crippen LogP contribution in [0.25, 0.3) is 10.4 Å². The summed E-state index contributed by atoms with van der Waals surface area (Å²) >= 11 is 0. The van der Waals surface area contributed by atoms with Gasteiger partial charge in [-0.1, -0.05) is 5.11 Å². The predicted molar refractivity (Wildman–Crippen MR) is 55.2 cm³/mol. The minimum absolute atomic E-state index is 0.0102. The minimum Gasteiger partial charge on any atom is -0.297 e. The highest BCUT2D eigenvalue weighted by Gasteiger charge is 2.69. The Morgan fingerprint density at radius 1 is 1.17 bits per heavy atom. The number of nitro groups is 3. The summed E-state index contributed by atoms with van der Waals surface area (Å²) in [6.07, 6.45) is 0.243. The van der Waals surface area contributed by atoms with E-state index in [9.17, 15) is 30.3 Å². The van der Waals surface area contributed by atoms with Crippen LogP contribution in [0, 0.1) is 30.3 Å². The summed E-state index contributed by atoms with van der Waals surface area (Å²) in [5.74, 6) is -3.50. The molecule has 0 aromatic rings. The van der Waals surface area contributed by atoms with Gasteiger partial charge in [0, 0.05) is 11.5 Å². The van der Waals surface area contributed by atoms with Gasteiger partial charge >= 0.3 is 5.79 Å². The van der Waals surface area contributed by atoms with Crippen LogP contribution in [0.5, 0.6) is 0 Å². The highest BCUT2D eigenvalue weighted by molar-refractivity contribution is 4.59. The molecule has 0 atom stereocenters. The SMILES string of the molecule is [N-]=[N+]=NCCCNCC([N+](=O)[O-])([N+](=O)[O-])[N+](=O)[O-]. The third-order valence-electron chi connectivity index (χ3n) is 1.91. The molecular formula is C5H9N7O6. The number of nitrogens with zero attached hydrogens (tertiary/aromatic N) is 6. The smallest absolute Gasteiger partial charge is 0.297 e. The minimum atomic E-state index is -3.50. The van der Waals surface area contributed by atoms with Crippen LogP contribution in [0.3, 0.4) is 0 Å². The van der Waals surface area contributed by atoms with Crippen LogP contribution in [0.2, 0.25) is 0 Å². The van der Waals surface area contributed by atoms with E-state index < -0.39 is 27.1 Å². The molecule has 0 aromatic heterocycles. The van der Waals surface area contributed by atoms with Gasteiger partial charge in [-0.2, -0.15) is 0 Å².